The third-order valence-electron chi connectivity index (χ3n) is 3.88. The quantitative estimate of drug-likeness (QED) is 0.226. The van der Waals surface area contributed by atoms with Crippen molar-refractivity contribution in [3.8, 4) is 0 Å². The van der Waals surface area contributed by atoms with E-state index in [1.807, 2.05) is 0 Å². The molecule has 0 atom stereocenters. The summed E-state index contributed by atoms with van der Waals surface area (Å²) in [5, 5.41) is 25.4. The van der Waals surface area contributed by atoms with Gasteiger partial charge in [0.15, 0.2) is 0 Å². The van der Waals surface area contributed by atoms with Gasteiger partial charge in [-0.15, -0.1) is 0 Å². The van der Waals surface area contributed by atoms with E-state index in [4.69, 9.17) is 15.3 Å². The molecule has 0 unspecified atom stereocenters. The van der Waals surface area contributed by atoms with Gasteiger partial charge in [-0.2, -0.15) is 12.6 Å². The SMILES string of the molecule is OCCCCCCCCCCCS.OCCCCCCCCO. The average molecular weight is 351 g/mol. The second-order valence-corrected chi connectivity index (χ2v) is 6.64. The predicted octanol–water partition coefficient (Wildman–Crippen LogP) is 4.73. The van der Waals surface area contributed by atoms with Crippen molar-refractivity contribution in [2.45, 2.75) is 96.3 Å². The smallest absolute Gasteiger partial charge is 0.0431 e. The Balaban J connectivity index is 0. The van der Waals surface area contributed by atoms with Crippen LogP contribution in [0.5, 0.6) is 0 Å². The first kappa shape index (κ1) is 25.5. The molecule has 3 N–H and O–H groups in total. The summed E-state index contributed by atoms with van der Waals surface area (Å²) in [7, 11) is 0. The summed E-state index contributed by atoms with van der Waals surface area (Å²) in [6, 6.07) is 0. The van der Waals surface area contributed by atoms with Gasteiger partial charge < -0.3 is 15.3 Å². The Bertz CT molecular complexity index is 162. The fourth-order valence-electron chi connectivity index (χ4n) is 2.39. The second-order valence-electron chi connectivity index (χ2n) is 6.20. The molecule has 0 aliphatic carbocycles. The third kappa shape index (κ3) is 30.6. The van der Waals surface area contributed by atoms with Crippen LogP contribution < -0.4 is 0 Å². The first-order chi connectivity index (χ1) is 11.3. The van der Waals surface area contributed by atoms with E-state index in [0.29, 0.717) is 19.8 Å². The molecular formula is C19H42O3S. The van der Waals surface area contributed by atoms with Crippen LogP contribution in [0, 0.1) is 0 Å². The number of hydrogen-bond donors (Lipinski definition) is 4. The highest BCUT2D eigenvalue weighted by Gasteiger charge is 1.91. The number of unbranched alkanes of at least 4 members (excludes halogenated alkanes) is 13. The van der Waals surface area contributed by atoms with Crippen LogP contribution in [0.25, 0.3) is 0 Å². The van der Waals surface area contributed by atoms with Crippen molar-refractivity contribution < 1.29 is 15.3 Å². The monoisotopic (exact) mass is 350 g/mol. The second kappa shape index (κ2) is 27.1. The summed E-state index contributed by atoms with van der Waals surface area (Å²) in [5.41, 5.74) is 0. The van der Waals surface area contributed by atoms with Crippen LogP contribution >= 0.6 is 12.6 Å². The number of aliphatic hydroxyl groups is 3. The molecule has 0 heterocycles. The molecule has 0 aromatic rings. The van der Waals surface area contributed by atoms with E-state index < -0.39 is 0 Å². The van der Waals surface area contributed by atoms with E-state index in [0.717, 1.165) is 37.9 Å². The van der Waals surface area contributed by atoms with Crippen LogP contribution in [0.1, 0.15) is 96.3 Å². The third-order valence-corrected chi connectivity index (χ3v) is 4.20. The highest BCUT2D eigenvalue weighted by molar-refractivity contribution is 7.80. The molecule has 0 rings (SSSR count). The maximum Gasteiger partial charge on any atom is 0.0431 e. The van der Waals surface area contributed by atoms with Crippen molar-refractivity contribution in [3.05, 3.63) is 0 Å². The summed E-state index contributed by atoms with van der Waals surface area (Å²) >= 11 is 4.18. The van der Waals surface area contributed by atoms with Crippen LogP contribution in [-0.4, -0.2) is 40.9 Å². The summed E-state index contributed by atoms with van der Waals surface area (Å²) in [6.45, 7) is 1.00. The molecule has 0 aromatic carbocycles. The standard InChI is InChI=1S/C11H24OS.C8H18O2/c12-10-8-6-4-2-1-3-5-7-9-11-13;9-7-5-3-1-2-4-6-8-10/h12-13H,1-11H2;9-10H,1-8H2. The maximum absolute atomic E-state index is 8.56. The van der Waals surface area contributed by atoms with Crippen molar-refractivity contribution in [2.24, 2.45) is 0 Å². The van der Waals surface area contributed by atoms with Crippen molar-refractivity contribution in [3.63, 3.8) is 0 Å². The van der Waals surface area contributed by atoms with E-state index in [1.165, 1.54) is 64.2 Å². The van der Waals surface area contributed by atoms with Crippen molar-refractivity contribution in [1.29, 1.82) is 0 Å². The molecule has 0 aliphatic rings. The Labute approximate surface area is 150 Å². The molecule has 0 spiro atoms. The Morgan fingerprint density at radius 3 is 0.783 bits per heavy atom. The van der Waals surface area contributed by atoms with Gasteiger partial charge >= 0.3 is 0 Å². The minimum atomic E-state index is 0.319. The molecule has 4 heteroatoms. The van der Waals surface area contributed by atoms with E-state index >= 15 is 0 Å². The molecule has 142 valence electrons. The molecule has 0 saturated heterocycles. The average Bonchev–Trinajstić information content (AvgIpc) is 2.57. The van der Waals surface area contributed by atoms with E-state index in [2.05, 4.69) is 12.6 Å². The lowest BCUT2D eigenvalue weighted by atomic mass is 10.1. The Kier molecular flexibility index (Phi) is 30.0. The fourth-order valence-corrected chi connectivity index (χ4v) is 2.62. The minimum absolute atomic E-state index is 0.319. The molecule has 0 radical (unpaired) electrons. The molecule has 23 heavy (non-hydrogen) atoms. The summed E-state index contributed by atoms with van der Waals surface area (Å²) in [4.78, 5) is 0. The van der Waals surface area contributed by atoms with E-state index in [-0.39, 0.29) is 0 Å². The van der Waals surface area contributed by atoms with Gasteiger partial charge in [-0.25, -0.2) is 0 Å². The molecule has 0 amide bonds. The Morgan fingerprint density at radius 2 is 0.565 bits per heavy atom. The first-order valence-electron chi connectivity index (χ1n) is 9.76. The Hall–Kier alpha value is 0.230. The highest BCUT2D eigenvalue weighted by Crippen LogP contribution is 2.09. The zero-order valence-electron chi connectivity index (χ0n) is 15.2. The van der Waals surface area contributed by atoms with Gasteiger partial charge in [-0.05, 0) is 31.4 Å². The molecule has 3 nitrogen and oxygen atoms in total. The number of thiol groups is 1. The molecule has 0 aliphatic heterocycles. The summed E-state index contributed by atoms with van der Waals surface area (Å²) < 4.78 is 0. The zero-order valence-corrected chi connectivity index (χ0v) is 16.1. The van der Waals surface area contributed by atoms with Gasteiger partial charge in [0, 0.05) is 19.8 Å². The van der Waals surface area contributed by atoms with Gasteiger partial charge in [0.2, 0.25) is 0 Å². The van der Waals surface area contributed by atoms with Gasteiger partial charge in [0.25, 0.3) is 0 Å². The number of aliphatic hydroxyl groups excluding tert-OH is 3. The lowest BCUT2D eigenvalue weighted by molar-refractivity contribution is 0.275. The summed E-state index contributed by atoms with van der Waals surface area (Å²) in [5.74, 6) is 1.04. The molecule has 0 fully saturated rings. The number of hydrogen-bond acceptors (Lipinski definition) is 4. The topological polar surface area (TPSA) is 60.7 Å². The predicted molar refractivity (Wildman–Crippen MR) is 104 cm³/mol. The molecular weight excluding hydrogens is 308 g/mol. The van der Waals surface area contributed by atoms with Gasteiger partial charge in [-0.3, -0.25) is 0 Å². The first-order valence-corrected chi connectivity index (χ1v) is 10.4. The van der Waals surface area contributed by atoms with E-state index in [9.17, 15) is 0 Å². The zero-order chi connectivity index (χ0) is 17.4. The van der Waals surface area contributed by atoms with E-state index in [1.54, 1.807) is 0 Å². The minimum Gasteiger partial charge on any atom is -0.396 e. The van der Waals surface area contributed by atoms with Crippen LogP contribution in [0.2, 0.25) is 0 Å². The van der Waals surface area contributed by atoms with Crippen LogP contribution in [0.15, 0.2) is 0 Å². The lowest BCUT2D eigenvalue weighted by Gasteiger charge is -2.00. The normalized spacial score (nSPS) is 10.4. The van der Waals surface area contributed by atoms with Gasteiger partial charge in [-0.1, -0.05) is 70.6 Å². The van der Waals surface area contributed by atoms with Crippen molar-refractivity contribution in [2.75, 3.05) is 25.6 Å². The fraction of sp³-hybridized carbons (Fsp3) is 1.00. The molecule has 0 aromatic heterocycles. The van der Waals surface area contributed by atoms with Gasteiger partial charge in [0.1, 0.15) is 0 Å². The summed E-state index contributed by atoms with van der Waals surface area (Å²) in [6.07, 6.45) is 18.1. The van der Waals surface area contributed by atoms with Crippen LogP contribution in [0.4, 0.5) is 0 Å². The molecule has 0 saturated carbocycles. The van der Waals surface area contributed by atoms with Crippen molar-refractivity contribution >= 4 is 12.6 Å². The Morgan fingerprint density at radius 1 is 0.348 bits per heavy atom. The van der Waals surface area contributed by atoms with Gasteiger partial charge in [0.05, 0.1) is 0 Å². The highest BCUT2D eigenvalue weighted by atomic mass is 32.1. The van der Waals surface area contributed by atoms with Crippen LogP contribution in [0.3, 0.4) is 0 Å². The lowest BCUT2D eigenvalue weighted by Crippen LogP contribution is -1.85. The molecule has 0 bridgehead atoms. The van der Waals surface area contributed by atoms with Crippen LogP contribution in [-0.2, 0) is 0 Å². The largest absolute Gasteiger partial charge is 0.396 e. The van der Waals surface area contributed by atoms with Crippen molar-refractivity contribution in [1.82, 2.24) is 0 Å². The number of rotatable bonds is 17. The maximum atomic E-state index is 8.56.